The fourth-order valence-electron chi connectivity index (χ4n) is 1.51. The van der Waals surface area contributed by atoms with Gasteiger partial charge in [0.05, 0.1) is 5.69 Å². The molecule has 0 fully saturated rings. The molecule has 0 atom stereocenters. The van der Waals surface area contributed by atoms with Gasteiger partial charge in [0, 0.05) is 13.0 Å². The third kappa shape index (κ3) is 3.22. The molecule has 1 aromatic carbocycles. The van der Waals surface area contributed by atoms with Crippen molar-refractivity contribution in [3.8, 4) is 0 Å². The van der Waals surface area contributed by atoms with Gasteiger partial charge >= 0.3 is 0 Å². The van der Waals surface area contributed by atoms with Crippen LogP contribution < -0.4 is 10.6 Å². The largest absolute Gasteiger partial charge is 0.435 e. The Morgan fingerprint density at radius 3 is 2.38 bits per heavy atom. The van der Waals surface area contributed by atoms with Crippen LogP contribution in [0.1, 0.15) is 17.5 Å². The van der Waals surface area contributed by atoms with Crippen LogP contribution >= 0.6 is 0 Å². The molecule has 2 rings (SSSR count). The van der Waals surface area contributed by atoms with Gasteiger partial charge in [-0.15, -0.1) is 0 Å². The predicted molar refractivity (Wildman–Crippen MR) is 67.3 cm³/mol. The third-order valence-electron chi connectivity index (χ3n) is 2.41. The molecule has 2 aromatic rings. The number of carbonyl (C=O) groups excluding carboxylic acids is 2. The van der Waals surface area contributed by atoms with E-state index < -0.39 is 35.0 Å². The average Bonchev–Trinajstić information content (AvgIpc) is 2.87. The molecule has 0 bridgehead atoms. The Hall–Kier alpha value is -2.77. The second-order valence-electron chi connectivity index (χ2n) is 4.02. The van der Waals surface area contributed by atoms with Crippen molar-refractivity contribution in [2.24, 2.45) is 0 Å². The van der Waals surface area contributed by atoms with Crippen molar-refractivity contribution in [3.63, 3.8) is 0 Å². The van der Waals surface area contributed by atoms with Crippen molar-refractivity contribution in [1.29, 1.82) is 0 Å². The molecule has 1 aromatic heterocycles. The topological polar surface area (TPSA) is 71.3 Å². The Labute approximate surface area is 116 Å². The number of hydrogen-bond acceptors (Lipinski definition) is 3. The molecule has 0 saturated carbocycles. The van der Waals surface area contributed by atoms with Gasteiger partial charge in [0.15, 0.2) is 29.1 Å². The van der Waals surface area contributed by atoms with E-state index in [1.54, 1.807) is 0 Å². The molecule has 0 aliphatic carbocycles. The Morgan fingerprint density at radius 2 is 1.71 bits per heavy atom. The third-order valence-corrected chi connectivity index (χ3v) is 2.41. The van der Waals surface area contributed by atoms with Crippen molar-refractivity contribution >= 4 is 23.4 Å². The highest BCUT2D eigenvalue weighted by atomic mass is 19.2. The summed E-state index contributed by atoms with van der Waals surface area (Å²) in [5, 5.41) is 4.34. The minimum absolute atomic E-state index is 0.0263. The molecule has 0 saturated heterocycles. The number of halogens is 3. The van der Waals surface area contributed by atoms with Gasteiger partial charge in [0.2, 0.25) is 5.91 Å². The molecule has 0 spiro atoms. The van der Waals surface area contributed by atoms with Gasteiger partial charge in [-0.25, -0.2) is 13.2 Å². The van der Waals surface area contributed by atoms with Crippen LogP contribution in [0.3, 0.4) is 0 Å². The van der Waals surface area contributed by atoms with Crippen LogP contribution in [0.25, 0.3) is 0 Å². The van der Waals surface area contributed by atoms with E-state index >= 15 is 0 Å². The van der Waals surface area contributed by atoms with Crippen LogP contribution in [-0.2, 0) is 4.79 Å². The summed E-state index contributed by atoms with van der Waals surface area (Å²) in [6.07, 6.45) is 0. The maximum atomic E-state index is 13.4. The molecule has 2 amide bonds. The average molecular weight is 298 g/mol. The van der Waals surface area contributed by atoms with Crippen LogP contribution in [0.4, 0.5) is 24.7 Å². The summed E-state index contributed by atoms with van der Waals surface area (Å²) < 4.78 is 44.2. The van der Waals surface area contributed by atoms with Crippen molar-refractivity contribution in [1.82, 2.24) is 0 Å². The lowest BCUT2D eigenvalue weighted by Gasteiger charge is -2.05. The lowest BCUT2D eigenvalue weighted by molar-refractivity contribution is -0.114. The molecule has 21 heavy (non-hydrogen) atoms. The molecule has 0 unspecified atom stereocenters. The lowest BCUT2D eigenvalue weighted by atomic mass is 10.2. The Balaban J connectivity index is 2.16. The molecule has 5 nitrogen and oxygen atoms in total. The van der Waals surface area contributed by atoms with Crippen molar-refractivity contribution in [2.75, 3.05) is 10.6 Å². The second-order valence-corrected chi connectivity index (χ2v) is 4.02. The van der Waals surface area contributed by atoms with E-state index in [9.17, 15) is 22.8 Å². The van der Waals surface area contributed by atoms with E-state index in [-0.39, 0.29) is 11.6 Å². The zero-order chi connectivity index (χ0) is 15.6. The number of rotatable bonds is 3. The Morgan fingerprint density at radius 1 is 1.00 bits per heavy atom. The van der Waals surface area contributed by atoms with Gasteiger partial charge in [-0.3, -0.25) is 14.9 Å². The summed E-state index contributed by atoms with van der Waals surface area (Å²) >= 11 is 0. The Kier molecular flexibility index (Phi) is 3.97. The first-order valence-electron chi connectivity index (χ1n) is 5.70. The summed E-state index contributed by atoms with van der Waals surface area (Å²) in [7, 11) is 0. The number of hydrogen-bond donors (Lipinski definition) is 2. The second kappa shape index (κ2) is 5.70. The predicted octanol–water partition coefficient (Wildman–Crippen LogP) is 2.91. The normalized spacial score (nSPS) is 10.3. The lowest BCUT2D eigenvalue weighted by Crippen LogP contribution is -2.13. The standard InChI is InChI=1S/C13H9F3N2O3/c1-6(19)17-10-5-4-9(21-10)13(20)18-8-3-2-7(14)11(15)12(8)16/h2-5H,1H3,(H,17,19)(H,18,20). The highest BCUT2D eigenvalue weighted by Crippen LogP contribution is 2.21. The van der Waals surface area contributed by atoms with Gasteiger partial charge in [-0.05, 0) is 18.2 Å². The maximum Gasteiger partial charge on any atom is 0.291 e. The van der Waals surface area contributed by atoms with Crippen LogP contribution in [0, 0.1) is 17.5 Å². The SMILES string of the molecule is CC(=O)Nc1ccc(C(=O)Nc2ccc(F)c(F)c2F)o1. The van der Waals surface area contributed by atoms with Gasteiger partial charge < -0.3 is 9.73 Å². The number of amides is 2. The van der Waals surface area contributed by atoms with Gasteiger partial charge in [-0.1, -0.05) is 0 Å². The molecule has 0 radical (unpaired) electrons. The first-order valence-corrected chi connectivity index (χ1v) is 5.70. The number of carbonyl (C=O) groups is 2. The van der Waals surface area contributed by atoms with E-state index in [2.05, 4.69) is 5.32 Å². The molecule has 1 heterocycles. The minimum atomic E-state index is -1.69. The van der Waals surface area contributed by atoms with Crippen LogP contribution in [0.15, 0.2) is 28.7 Å². The molecule has 110 valence electrons. The highest BCUT2D eigenvalue weighted by molar-refractivity contribution is 6.02. The molecule has 2 N–H and O–H groups in total. The van der Waals surface area contributed by atoms with E-state index in [1.807, 2.05) is 5.32 Å². The van der Waals surface area contributed by atoms with E-state index in [0.29, 0.717) is 6.07 Å². The van der Waals surface area contributed by atoms with Gasteiger partial charge in [0.25, 0.3) is 5.91 Å². The van der Waals surface area contributed by atoms with E-state index in [0.717, 1.165) is 6.07 Å². The fraction of sp³-hybridized carbons (Fsp3) is 0.0769. The van der Waals surface area contributed by atoms with E-state index in [4.69, 9.17) is 4.42 Å². The number of anilines is 2. The van der Waals surface area contributed by atoms with Crippen LogP contribution in [0.5, 0.6) is 0 Å². The summed E-state index contributed by atoms with van der Waals surface area (Å²) in [6.45, 7) is 1.25. The first-order chi connectivity index (χ1) is 9.88. The van der Waals surface area contributed by atoms with Crippen molar-refractivity contribution < 1.29 is 27.2 Å². The van der Waals surface area contributed by atoms with Crippen LogP contribution in [0.2, 0.25) is 0 Å². The number of benzene rings is 1. The van der Waals surface area contributed by atoms with Crippen molar-refractivity contribution in [2.45, 2.75) is 6.92 Å². The number of furan rings is 1. The fourth-order valence-corrected chi connectivity index (χ4v) is 1.51. The summed E-state index contributed by atoms with van der Waals surface area (Å²) in [5.74, 6) is -6.06. The summed E-state index contributed by atoms with van der Waals surface area (Å²) in [6, 6.07) is 4.11. The highest BCUT2D eigenvalue weighted by Gasteiger charge is 2.18. The van der Waals surface area contributed by atoms with Gasteiger partial charge in [0.1, 0.15) is 0 Å². The molecular weight excluding hydrogens is 289 g/mol. The Bertz CT molecular complexity index is 713. The van der Waals surface area contributed by atoms with Crippen molar-refractivity contribution in [3.05, 3.63) is 47.5 Å². The molecule has 0 aliphatic heterocycles. The molecular formula is C13H9F3N2O3. The molecule has 0 aliphatic rings. The minimum Gasteiger partial charge on any atom is -0.435 e. The quantitative estimate of drug-likeness (QED) is 0.856. The number of nitrogens with one attached hydrogen (secondary N) is 2. The zero-order valence-electron chi connectivity index (χ0n) is 10.7. The molecule has 8 heteroatoms. The smallest absolute Gasteiger partial charge is 0.291 e. The van der Waals surface area contributed by atoms with Crippen LogP contribution in [-0.4, -0.2) is 11.8 Å². The summed E-state index contributed by atoms with van der Waals surface area (Å²) in [4.78, 5) is 22.6. The summed E-state index contributed by atoms with van der Waals surface area (Å²) in [5.41, 5.74) is -0.531. The maximum absolute atomic E-state index is 13.4. The first kappa shape index (κ1) is 14.6. The zero-order valence-corrected chi connectivity index (χ0v) is 10.7. The monoisotopic (exact) mass is 298 g/mol. The van der Waals surface area contributed by atoms with E-state index in [1.165, 1.54) is 19.1 Å². The van der Waals surface area contributed by atoms with Gasteiger partial charge in [-0.2, -0.15) is 0 Å².